The quantitative estimate of drug-likeness (QED) is 0.772. The summed E-state index contributed by atoms with van der Waals surface area (Å²) < 4.78 is 0. The van der Waals surface area contributed by atoms with E-state index in [1.54, 1.807) is 19.1 Å². The second-order valence-corrected chi connectivity index (χ2v) is 5.36. The lowest BCUT2D eigenvalue weighted by atomic mass is 10.1. The van der Waals surface area contributed by atoms with Crippen molar-refractivity contribution in [1.29, 1.82) is 0 Å². The summed E-state index contributed by atoms with van der Waals surface area (Å²) in [5.74, 6) is -0.218. The van der Waals surface area contributed by atoms with Crippen LogP contribution in [0.5, 0.6) is 0 Å². The number of aliphatic hydroxyl groups is 1. The van der Waals surface area contributed by atoms with E-state index in [4.69, 9.17) is 17.3 Å². The Kier molecular flexibility index (Phi) is 5.30. The lowest BCUT2D eigenvalue weighted by Crippen LogP contribution is -2.33. The minimum absolute atomic E-state index is 0.122. The zero-order valence-corrected chi connectivity index (χ0v) is 12.8. The largest absolute Gasteiger partial charge is 0.391 e. The highest BCUT2D eigenvalue weighted by molar-refractivity contribution is 6.30. The fourth-order valence-electron chi connectivity index (χ4n) is 1.98. The van der Waals surface area contributed by atoms with Crippen LogP contribution in [-0.4, -0.2) is 33.6 Å². The normalized spacial score (nSPS) is 12.0. The Bertz CT molecular complexity index is 661. The number of aliphatic hydroxyl groups excluding tert-OH is 1. The molecule has 0 bridgehead atoms. The van der Waals surface area contributed by atoms with Gasteiger partial charge in [0.2, 0.25) is 5.95 Å². The maximum Gasteiger partial charge on any atom is 0.254 e. The highest BCUT2D eigenvalue weighted by atomic mass is 35.5. The molecule has 116 valence electrons. The van der Waals surface area contributed by atoms with Crippen molar-refractivity contribution in [2.45, 2.75) is 19.4 Å². The first-order valence-corrected chi connectivity index (χ1v) is 7.13. The second kappa shape index (κ2) is 7.20. The first-order chi connectivity index (χ1) is 10.5. The van der Waals surface area contributed by atoms with Crippen molar-refractivity contribution in [3.63, 3.8) is 0 Å². The van der Waals surface area contributed by atoms with E-state index < -0.39 is 6.10 Å². The third-order valence-corrected chi connectivity index (χ3v) is 3.38. The van der Waals surface area contributed by atoms with Gasteiger partial charge in [0.15, 0.2) is 0 Å². The molecule has 1 unspecified atom stereocenters. The smallest absolute Gasteiger partial charge is 0.254 e. The maximum atomic E-state index is 12.0. The number of nitrogen functional groups attached to an aromatic ring is 1. The molecule has 1 aromatic heterocycles. The summed E-state index contributed by atoms with van der Waals surface area (Å²) >= 11 is 5.80. The molecule has 22 heavy (non-hydrogen) atoms. The third kappa shape index (κ3) is 4.41. The molecular formula is C15H17ClN4O2. The molecular weight excluding hydrogens is 304 g/mol. The predicted octanol–water partition coefficient (Wildman–Crippen LogP) is 1.35. The summed E-state index contributed by atoms with van der Waals surface area (Å²) in [6, 6.07) is 7.20. The highest BCUT2D eigenvalue weighted by Crippen LogP contribution is 2.11. The first-order valence-electron chi connectivity index (χ1n) is 6.75. The van der Waals surface area contributed by atoms with E-state index in [1.165, 1.54) is 6.20 Å². The molecule has 4 N–H and O–H groups in total. The number of hydrogen-bond acceptors (Lipinski definition) is 5. The zero-order valence-electron chi connectivity index (χ0n) is 12.1. The Labute approximate surface area is 133 Å². The molecule has 0 saturated carbocycles. The average molecular weight is 321 g/mol. The van der Waals surface area contributed by atoms with Gasteiger partial charge in [-0.3, -0.25) is 4.79 Å². The molecule has 0 aliphatic rings. The molecule has 1 heterocycles. The summed E-state index contributed by atoms with van der Waals surface area (Å²) in [6.07, 6.45) is 1.10. The van der Waals surface area contributed by atoms with Crippen molar-refractivity contribution in [2.75, 3.05) is 12.3 Å². The van der Waals surface area contributed by atoms with Gasteiger partial charge in [-0.1, -0.05) is 23.7 Å². The van der Waals surface area contributed by atoms with E-state index in [-0.39, 0.29) is 18.4 Å². The Hall–Kier alpha value is -2.18. The fourth-order valence-corrected chi connectivity index (χ4v) is 2.10. The predicted molar refractivity (Wildman–Crippen MR) is 84.7 cm³/mol. The van der Waals surface area contributed by atoms with Gasteiger partial charge >= 0.3 is 0 Å². The molecule has 0 aliphatic carbocycles. The van der Waals surface area contributed by atoms with Gasteiger partial charge in [0, 0.05) is 24.2 Å². The lowest BCUT2D eigenvalue weighted by molar-refractivity contribution is 0.0914. The van der Waals surface area contributed by atoms with Crippen LogP contribution in [0.2, 0.25) is 5.02 Å². The molecule has 1 atom stereocenters. The minimum Gasteiger partial charge on any atom is -0.391 e. The number of amides is 1. The zero-order chi connectivity index (χ0) is 16.1. The van der Waals surface area contributed by atoms with Gasteiger partial charge in [0.25, 0.3) is 5.91 Å². The number of anilines is 1. The van der Waals surface area contributed by atoms with Crippen molar-refractivity contribution in [3.8, 4) is 0 Å². The number of nitrogens with one attached hydrogen (secondary N) is 1. The Morgan fingerprint density at radius 3 is 2.73 bits per heavy atom. The van der Waals surface area contributed by atoms with E-state index in [2.05, 4.69) is 15.3 Å². The number of nitrogens with zero attached hydrogens (tertiary/aromatic N) is 2. The molecule has 6 nitrogen and oxygen atoms in total. The van der Waals surface area contributed by atoms with E-state index in [9.17, 15) is 9.90 Å². The third-order valence-electron chi connectivity index (χ3n) is 3.13. The molecule has 0 radical (unpaired) electrons. The number of aromatic nitrogens is 2. The highest BCUT2D eigenvalue weighted by Gasteiger charge is 2.13. The molecule has 0 fully saturated rings. The van der Waals surface area contributed by atoms with Crippen LogP contribution < -0.4 is 11.1 Å². The number of halogens is 1. The Morgan fingerprint density at radius 1 is 1.41 bits per heavy atom. The van der Waals surface area contributed by atoms with E-state index in [1.807, 2.05) is 12.1 Å². The summed E-state index contributed by atoms with van der Waals surface area (Å²) in [6.45, 7) is 1.81. The molecule has 2 rings (SSSR count). The number of aryl methyl sites for hydroxylation is 1. The summed E-state index contributed by atoms with van der Waals surface area (Å²) in [5, 5.41) is 13.3. The molecule has 0 spiro atoms. The SMILES string of the molecule is Cc1nc(N)ncc1C(=O)NCC(O)Cc1ccc(Cl)cc1. The van der Waals surface area contributed by atoms with Gasteiger partial charge in [0.1, 0.15) is 0 Å². The van der Waals surface area contributed by atoms with E-state index >= 15 is 0 Å². The van der Waals surface area contributed by atoms with Crippen molar-refractivity contribution < 1.29 is 9.90 Å². The van der Waals surface area contributed by atoms with Crippen LogP contribution in [0.15, 0.2) is 30.5 Å². The van der Waals surface area contributed by atoms with Gasteiger partial charge in [-0.15, -0.1) is 0 Å². The van der Waals surface area contributed by atoms with Crippen molar-refractivity contribution in [1.82, 2.24) is 15.3 Å². The van der Waals surface area contributed by atoms with Gasteiger partial charge in [-0.25, -0.2) is 9.97 Å². The van der Waals surface area contributed by atoms with Gasteiger partial charge in [0.05, 0.1) is 17.4 Å². The van der Waals surface area contributed by atoms with Crippen LogP contribution in [0.1, 0.15) is 21.6 Å². The van der Waals surface area contributed by atoms with Crippen LogP contribution in [-0.2, 0) is 6.42 Å². The molecule has 0 saturated heterocycles. The molecule has 1 aromatic carbocycles. The van der Waals surface area contributed by atoms with Crippen LogP contribution in [0.3, 0.4) is 0 Å². The van der Waals surface area contributed by atoms with Crippen LogP contribution in [0, 0.1) is 6.92 Å². The first kappa shape index (κ1) is 16.2. The number of rotatable bonds is 5. The fraction of sp³-hybridized carbons (Fsp3) is 0.267. The standard InChI is InChI=1S/C15H17ClN4O2/c1-9-13(8-19-15(17)20-9)14(22)18-7-12(21)6-10-2-4-11(16)5-3-10/h2-5,8,12,21H,6-7H2,1H3,(H,18,22)(H2,17,19,20). The number of hydrogen-bond donors (Lipinski definition) is 3. The number of nitrogens with two attached hydrogens (primary N) is 1. The Balaban J connectivity index is 1.88. The average Bonchev–Trinajstić information content (AvgIpc) is 2.47. The van der Waals surface area contributed by atoms with Gasteiger partial charge in [-0.2, -0.15) is 0 Å². The van der Waals surface area contributed by atoms with E-state index in [0.29, 0.717) is 22.7 Å². The molecule has 2 aromatic rings. The molecule has 7 heteroatoms. The summed E-state index contributed by atoms with van der Waals surface area (Å²) in [5.41, 5.74) is 7.22. The minimum atomic E-state index is -0.694. The van der Waals surface area contributed by atoms with Crippen LogP contribution in [0.4, 0.5) is 5.95 Å². The van der Waals surface area contributed by atoms with E-state index in [0.717, 1.165) is 5.56 Å². The molecule has 0 aliphatic heterocycles. The monoisotopic (exact) mass is 320 g/mol. The summed E-state index contributed by atoms with van der Waals surface area (Å²) in [7, 11) is 0. The molecule has 1 amide bonds. The van der Waals surface area contributed by atoms with Gasteiger partial charge in [-0.05, 0) is 24.6 Å². The van der Waals surface area contributed by atoms with Crippen LogP contribution in [0.25, 0.3) is 0 Å². The van der Waals surface area contributed by atoms with Crippen LogP contribution >= 0.6 is 11.6 Å². The topological polar surface area (TPSA) is 101 Å². The number of carbonyl (C=O) groups excluding carboxylic acids is 1. The van der Waals surface area contributed by atoms with Crippen molar-refractivity contribution in [3.05, 3.63) is 52.3 Å². The lowest BCUT2D eigenvalue weighted by Gasteiger charge is -2.12. The number of benzene rings is 1. The second-order valence-electron chi connectivity index (χ2n) is 4.92. The van der Waals surface area contributed by atoms with Crippen molar-refractivity contribution >= 4 is 23.5 Å². The maximum absolute atomic E-state index is 12.0. The number of carbonyl (C=O) groups is 1. The van der Waals surface area contributed by atoms with Gasteiger partial charge < -0.3 is 16.2 Å². The Morgan fingerprint density at radius 2 is 2.09 bits per heavy atom. The summed E-state index contributed by atoms with van der Waals surface area (Å²) in [4.78, 5) is 19.7. The van der Waals surface area contributed by atoms with Crippen molar-refractivity contribution in [2.24, 2.45) is 0 Å².